The van der Waals surface area contributed by atoms with Gasteiger partial charge in [0.15, 0.2) is 0 Å². The second-order valence-corrected chi connectivity index (χ2v) is 5.10. The molecule has 0 radical (unpaired) electrons. The first-order valence-electron chi connectivity index (χ1n) is 5.49. The van der Waals surface area contributed by atoms with Crippen LogP contribution in [-0.2, 0) is 9.47 Å². The third kappa shape index (κ3) is 3.35. The normalized spacial score (nSPS) is 25.9. The highest BCUT2D eigenvalue weighted by atomic mass is 16.6. The van der Waals surface area contributed by atoms with Crippen molar-refractivity contribution in [2.24, 2.45) is 5.92 Å². The number of carbonyl (C=O) groups excluding carboxylic acids is 1. The number of carbonyl (C=O) groups is 1. The Balaban J connectivity index is 2.54. The second-order valence-electron chi connectivity index (χ2n) is 5.10. The van der Waals surface area contributed by atoms with Gasteiger partial charge in [0.2, 0.25) is 0 Å². The van der Waals surface area contributed by atoms with Crippen LogP contribution in [0.25, 0.3) is 0 Å². The predicted octanol–water partition coefficient (Wildman–Crippen LogP) is 0.861. The van der Waals surface area contributed by atoms with Gasteiger partial charge in [-0.1, -0.05) is 0 Å². The van der Waals surface area contributed by atoms with Gasteiger partial charge in [-0.2, -0.15) is 0 Å². The molecule has 16 heavy (non-hydrogen) atoms. The number of aliphatic hydroxyl groups excluding tert-OH is 1. The number of nitrogens with zero attached hydrogens (tertiary/aromatic N) is 1. The average molecular weight is 231 g/mol. The number of hydrogen-bond donors (Lipinski definition) is 1. The largest absolute Gasteiger partial charge is 0.444 e. The van der Waals surface area contributed by atoms with E-state index in [2.05, 4.69) is 0 Å². The van der Waals surface area contributed by atoms with Crippen LogP contribution in [0.5, 0.6) is 0 Å². The van der Waals surface area contributed by atoms with Gasteiger partial charge in [0.05, 0.1) is 19.3 Å². The molecule has 0 aliphatic carbocycles. The monoisotopic (exact) mass is 231 g/mol. The van der Waals surface area contributed by atoms with Crippen LogP contribution in [0.2, 0.25) is 0 Å². The zero-order chi connectivity index (χ0) is 12.3. The van der Waals surface area contributed by atoms with Crippen LogP contribution >= 0.6 is 0 Å². The lowest BCUT2D eigenvalue weighted by Gasteiger charge is -2.24. The summed E-state index contributed by atoms with van der Waals surface area (Å²) in [6.07, 6.45) is -0.442. The molecule has 0 unspecified atom stereocenters. The fourth-order valence-corrected chi connectivity index (χ4v) is 1.76. The highest BCUT2D eigenvalue weighted by molar-refractivity contribution is 5.68. The van der Waals surface area contributed by atoms with Crippen LogP contribution < -0.4 is 0 Å². The molecule has 1 fully saturated rings. The van der Waals surface area contributed by atoms with E-state index in [1.54, 1.807) is 12.0 Å². The van der Waals surface area contributed by atoms with Crippen molar-refractivity contribution < 1.29 is 19.4 Å². The summed E-state index contributed by atoms with van der Waals surface area (Å²) in [5, 5.41) is 9.14. The number of ether oxygens (including phenoxy) is 2. The molecule has 5 nitrogen and oxygen atoms in total. The van der Waals surface area contributed by atoms with E-state index in [0.29, 0.717) is 13.1 Å². The summed E-state index contributed by atoms with van der Waals surface area (Å²) in [5.41, 5.74) is -0.489. The minimum Gasteiger partial charge on any atom is -0.444 e. The summed E-state index contributed by atoms with van der Waals surface area (Å²) in [4.78, 5) is 13.3. The van der Waals surface area contributed by atoms with Gasteiger partial charge >= 0.3 is 6.09 Å². The van der Waals surface area contributed by atoms with E-state index in [1.165, 1.54) is 0 Å². The molecule has 1 aliphatic heterocycles. The first-order valence-corrected chi connectivity index (χ1v) is 5.49. The SMILES string of the molecule is CO[C@@H]1CN(C(=O)OC(C)(C)C)C[C@@H]1CO. The van der Waals surface area contributed by atoms with E-state index >= 15 is 0 Å². The molecule has 5 heteroatoms. The fraction of sp³-hybridized carbons (Fsp3) is 0.909. The fourth-order valence-electron chi connectivity index (χ4n) is 1.76. The van der Waals surface area contributed by atoms with Gasteiger partial charge in [-0.15, -0.1) is 0 Å². The molecule has 1 aliphatic rings. The summed E-state index contributed by atoms with van der Waals surface area (Å²) in [6, 6.07) is 0. The van der Waals surface area contributed by atoms with E-state index in [9.17, 15) is 4.79 Å². The molecule has 1 saturated heterocycles. The van der Waals surface area contributed by atoms with Gasteiger partial charge in [0, 0.05) is 19.6 Å². The minimum absolute atomic E-state index is 0.0162. The summed E-state index contributed by atoms with van der Waals surface area (Å²) < 4.78 is 10.5. The predicted molar refractivity (Wildman–Crippen MR) is 59.2 cm³/mol. The quantitative estimate of drug-likeness (QED) is 0.765. The first kappa shape index (κ1) is 13.3. The molecule has 2 atom stereocenters. The topological polar surface area (TPSA) is 59.0 Å². The van der Waals surface area contributed by atoms with Gasteiger partial charge in [0.1, 0.15) is 5.60 Å². The molecule has 0 saturated carbocycles. The van der Waals surface area contributed by atoms with Crippen LogP contribution in [0.3, 0.4) is 0 Å². The lowest BCUT2D eigenvalue weighted by atomic mass is 10.1. The van der Waals surface area contributed by atoms with Crippen LogP contribution in [0.1, 0.15) is 20.8 Å². The average Bonchev–Trinajstić information content (AvgIpc) is 2.57. The van der Waals surface area contributed by atoms with Crippen LogP contribution in [0, 0.1) is 5.92 Å². The molecule has 0 aromatic carbocycles. The number of likely N-dealkylation sites (tertiary alicyclic amines) is 1. The van der Waals surface area contributed by atoms with Gasteiger partial charge in [-0.3, -0.25) is 0 Å². The summed E-state index contributed by atoms with van der Waals surface area (Å²) in [5.74, 6) is -0.0162. The number of methoxy groups -OCH3 is 1. The van der Waals surface area contributed by atoms with Crippen LogP contribution in [0.4, 0.5) is 4.79 Å². The number of rotatable bonds is 2. The van der Waals surface area contributed by atoms with Gasteiger partial charge < -0.3 is 19.5 Å². The summed E-state index contributed by atoms with van der Waals surface area (Å²) in [7, 11) is 1.59. The standard InChI is InChI=1S/C11H21NO4/c1-11(2,3)16-10(14)12-5-8(7-13)9(6-12)15-4/h8-9,13H,5-7H2,1-4H3/t8-,9-/m1/s1. The zero-order valence-electron chi connectivity index (χ0n) is 10.4. The lowest BCUT2D eigenvalue weighted by molar-refractivity contribution is 0.0249. The lowest BCUT2D eigenvalue weighted by Crippen LogP contribution is -2.36. The summed E-state index contributed by atoms with van der Waals surface area (Å²) in [6.45, 7) is 6.49. The van der Waals surface area contributed by atoms with Crippen molar-refractivity contribution in [3.05, 3.63) is 0 Å². The Hall–Kier alpha value is -0.810. The van der Waals surface area contributed by atoms with Gasteiger partial charge in [0.25, 0.3) is 0 Å². The first-order chi connectivity index (χ1) is 7.37. The molecule has 0 aromatic heterocycles. The Kier molecular flexibility index (Phi) is 4.15. The van der Waals surface area contributed by atoms with Crippen molar-refractivity contribution in [3.63, 3.8) is 0 Å². The van der Waals surface area contributed by atoms with E-state index < -0.39 is 5.60 Å². The maximum Gasteiger partial charge on any atom is 0.410 e. The second kappa shape index (κ2) is 5.01. The molecule has 1 N–H and O–H groups in total. The van der Waals surface area contributed by atoms with Crippen molar-refractivity contribution in [1.82, 2.24) is 4.90 Å². The van der Waals surface area contributed by atoms with E-state index in [0.717, 1.165) is 0 Å². The molecule has 1 rings (SSSR count). The number of hydrogen-bond acceptors (Lipinski definition) is 4. The Morgan fingerprint density at radius 2 is 2.06 bits per heavy atom. The van der Waals surface area contributed by atoms with Crippen molar-refractivity contribution in [3.8, 4) is 0 Å². The molecular weight excluding hydrogens is 210 g/mol. The molecular formula is C11H21NO4. The van der Waals surface area contributed by atoms with E-state index in [-0.39, 0.29) is 24.7 Å². The number of amides is 1. The summed E-state index contributed by atoms with van der Waals surface area (Å²) >= 11 is 0. The van der Waals surface area contributed by atoms with E-state index in [4.69, 9.17) is 14.6 Å². The molecule has 0 aromatic rings. The third-order valence-electron chi connectivity index (χ3n) is 2.57. The van der Waals surface area contributed by atoms with E-state index in [1.807, 2.05) is 20.8 Å². The molecule has 1 amide bonds. The number of aliphatic hydroxyl groups is 1. The zero-order valence-corrected chi connectivity index (χ0v) is 10.4. The Morgan fingerprint density at radius 3 is 2.44 bits per heavy atom. The Labute approximate surface area is 96.3 Å². The highest BCUT2D eigenvalue weighted by Gasteiger charge is 2.36. The van der Waals surface area contributed by atoms with Crippen molar-refractivity contribution in [1.29, 1.82) is 0 Å². The Morgan fingerprint density at radius 1 is 1.44 bits per heavy atom. The minimum atomic E-state index is -0.489. The molecule has 1 heterocycles. The van der Waals surface area contributed by atoms with Crippen molar-refractivity contribution in [2.45, 2.75) is 32.5 Å². The van der Waals surface area contributed by atoms with Crippen molar-refractivity contribution in [2.75, 3.05) is 26.8 Å². The van der Waals surface area contributed by atoms with Crippen LogP contribution in [0.15, 0.2) is 0 Å². The Bertz CT molecular complexity index is 237. The van der Waals surface area contributed by atoms with Crippen LogP contribution in [-0.4, -0.2) is 54.6 Å². The third-order valence-corrected chi connectivity index (χ3v) is 2.57. The van der Waals surface area contributed by atoms with Gasteiger partial charge in [-0.25, -0.2) is 4.79 Å². The van der Waals surface area contributed by atoms with Gasteiger partial charge in [-0.05, 0) is 20.8 Å². The highest BCUT2D eigenvalue weighted by Crippen LogP contribution is 2.21. The molecule has 0 bridgehead atoms. The van der Waals surface area contributed by atoms with Crippen molar-refractivity contribution >= 4 is 6.09 Å². The smallest absolute Gasteiger partial charge is 0.410 e. The maximum absolute atomic E-state index is 11.8. The molecule has 0 spiro atoms. The maximum atomic E-state index is 11.8. The molecule has 94 valence electrons.